The molecule has 6 heteroatoms. The van der Waals surface area contributed by atoms with Crippen LogP contribution >= 0.6 is 11.6 Å². The van der Waals surface area contributed by atoms with Crippen LogP contribution in [0.1, 0.15) is 37.0 Å². The fourth-order valence-electron chi connectivity index (χ4n) is 3.27. The molecular formula is C21H26ClN3O2. The first kappa shape index (κ1) is 19.5. The van der Waals surface area contributed by atoms with Gasteiger partial charge in [0, 0.05) is 48.7 Å². The third-order valence-corrected chi connectivity index (χ3v) is 5.73. The molecule has 1 fully saturated rings. The maximum absolute atomic E-state index is 12.5. The highest BCUT2D eigenvalue weighted by molar-refractivity contribution is 6.19. The maximum atomic E-state index is 12.5. The van der Waals surface area contributed by atoms with Crippen LogP contribution in [-0.4, -0.2) is 46.3 Å². The third kappa shape index (κ3) is 4.53. The van der Waals surface area contributed by atoms with Crippen molar-refractivity contribution < 1.29 is 9.59 Å². The molecule has 5 nitrogen and oxygen atoms in total. The van der Waals surface area contributed by atoms with E-state index in [9.17, 15) is 9.59 Å². The van der Waals surface area contributed by atoms with Crippen molar-refractivity contribution in [2.24, 2.45) is 5.41 Å². The number of likely N-dealkylation sites (tertiary alicyclic amines) is 1. The Kier molecular flexibility index (Phi) is 5.90. The molecule has 0 bridgehead atoms. The van der Waals surface area contributed by atoms with Gasteiger partial charge in [0.1, 0.15) is 0 Å². The molecule has 3 rings (SSSR count). The number of aromatic nitrogens is 1. The van der Waals surface area contributed by atoms with Gasteiger partial charge >= 0.3 is 0 Å². The topological polar surface area (TPSA) is 54.3 Å². The van der Waals surface area contributed by atoms with E-state index in [0.29, 0.717) is 24.5 Å². The summed E-state index contributed by atoms with van der Waals surface area (Å²) in [6.45, 7) is 5.04. The molecule has 144 valence electrons. The average Bonchev–Trinajstić information content (AvgIpc) is 3.23. The maximum Gasteiger partial charge on any atom is 0.251 e. The lowest BCUT2D eigenvalue weighted by Crippen LogP contribution is -2.50. The van der Waals surface area contributed by atoms with E-state index in [1.165, 1.54) is 0 Å². The number of nitrogens with one attached hydrogen (secondary N) is 1. The largest absolute Gasteiger partial charge is 0.349 e. The average molecular weight is 388 g/mol. The number of hydrogen-bond acceptors (Lipinski definition) is 2. The van der Waals surface area contributed by atoms with E-state index in [1.807, 2.05) is 72.1 Å². The molecule has 0 atom stereocenters. The zero-order valence-electron chi connectivity index (χ0n) is 15.8. The van der Waals surface area contributed by atoms with Crippen LogP contribution in [0.4, 0.5) is 0 Å². The van der Waals surface area contributed by atoms with Crippen molar-refractivity contribution in [3.05, 3.63) is 54.4 Å². The molecule has 0 aliphatic carbocycles. The highest BCUT2D eigenvalue weighted by Gasteiger charge is 2.33. The SMILES string of the molecule is CC(C)(CCl)C(=O)N1CCC(NC(=O)c2ccc(-n3cccc3)cc2)CC1. The van der Waals surface area contributed by atoms with Gasteiger partial charge in [-0.15, -0.1) is 11.6 Å². The normalized spacial score (nSPS) is 15.6. The van der Waals surface area contributed by atoms with Crippen molar-refractivity contribution in [2.45, 2.75) is 32.7 Å². The fourth-order valence-corrected chi connectivity index (χ4v) is 3.39. The number of piperidine rings is 1. The fraction of sp³-hybridized carbons (Fsp3) is 0.429. The van der Waals surface area contributed by atoms with Gasteiger partial charge in [0.15, 0.2) is 0 Å². The lowest BCUT2D eigenvalue weighted by molar-refractivity contribution is -0.140. The van der Waals surface area contributed by atoms with Crippen LogP contribution in [0.2, 0.25) is 0 Å². The highest BCUT2D eigenvalue weighted by atomic mass is 35.5. The molecule has 1 aromatic heterocycles. The zero-order valence-corrected chi connectivity index (χ0v) is 16.6. The van der Waals surface area contributed by atoms with E-state index < -0.39 is 5.41 Å². The summed E-state index contributed by atoms with van der Waals surface area (Å²) in [6.07, 6.45) is 5.46. The molecule has 1 saturated heterocycles. The molecule has 0 radical (unpaired) electrons. The lowest BCUT2D eigenvalue weighted by Gasteiger charge is -2.36. The molecule has 2 amide bonds. The molecule has 0 spiro atoms. The molecule has 27 heavy (non-hydrogen) atoms. The second kappa shape index (κ2) is 8.17. The van der Waals surface area contributed by atoms with Crippen LogP contribution in [0, 0.1) is 5.41 Å². The third-order valence-electron chi connectivity index (χ3n) is 5.06. The number of hydrogen-bond donors (Lipinski definition) is 1. The molecule has 1 aromatic carbocycles. The van der Waals surface area contributed by atoms with Crippen LogP contribution in [0.15, 0.2) is 48.8 Å². The Morgan fingerprint density at radius 3 is 2.26 bits per heavy atom. The monoisotopic (exact) mass is 387 g/mol. The lowest BCUT2D eigenvalue weighted by atomic mass is 9.92. The molecular weight excluding hydrogens is 362 g/mol. The Labute approximate surface area is 165 Å². The first-order chi connectivity index (χ1) is 12.9. The molecule has 1 aliphatic heterocycles. The van der Waals surface area contributed by atoms with Gasteiger partial charge in [-0.1, -0.05) is 0 Å². The van der Waals surface area contributed by atoms with Gasteiger partial charge in [-0.05, 0) is 63.1 Å². The Balaban J connectivity index is 1.53. The summed E-state index contributed by atoms with van der Waals surface area (Å²) in [6, 6.07) is 11.6. The van der Waals surface area contributed by atoms with Crippen molar-refractivity contribution in [1.29, 1.82) is 0 Å². The quantitative estimate of drug-likeness (QED) is 0.799. The van der Waals surface area contributed by atoms with E-state index in [-0.39, 0.29) is 17.9 Å². The van der Waals surface area contributed by atoms with Crippen LogP contribution in [0.3, 0.4) is 0 Å². The molecule has 1 aliphatic rings. The Hall–Kier alpha value is -2.27. The van der Waals surface area contributed by atoms with Crippen LogP contribution in [0.25, 0.3) is 5.69 Å². The summed E-state index contributed by atoms with van der Waals surface area (Å²) in [5, 5.41) is 3.09. The Bertz CT molecular complexity index is 776. The first-order valence-electron chi connectivity index (χ1n) is 9.30. The van der Waals surface area contributed by atoms with E-state index in [1.54, 1.807) is 0 Å². The summed E-state index contributed by atoms with van der Waals surface area (Å²) < 4.78 is 2.00. The molecule has 2 aromatic rings. The molecule has 2 heterocycles. The van der Waals surface area contributed by atoms with Crippen molar-refractivity contribution in [3.8, 4) is 5.69 Å². The predicted molar refractivity (Wildman–Crippen MR) is 107 cm³/mol. The van der Waals surface area contributed by atoms with Crippen LogP contribution in [-0.2, 0) is 4.79 Å². The van der Waals surface area contributed by atoms with E-state index >= 15 is 0 Å². The number of alkyl halides is 1. The number of rotatable bonds is 5. The number of benzene rings is 1. The summed E-state index contributed by atoms with van der Waals surface area (Å²) in [5.41, 5.74) is 1.12. The Morgan fingerprint density at radius 2 is 1.70 bits per heavy atom. The van der Waals surface area contributed by atoms with E-state index in [2.05, 4.69) is 5.32 Å². The molecule has 0 unspecified atom stereocenters. The molecule has 0 saturated carbocycles. The number of carbonyl (C=O) groups excluding carboxylic acids is 2. The number of carbonyl (C=O) groups is 2. The van der Waals surface area contributed by atoms with Gasteiger partial charge in [0.25, 0.3) is 5.91 Å². The van der Waals surface area contributed by atoms with Crippen LogP contribution in [0.5, 0.6) is 0 Å². The number of nitrogens with zero attached hydrogens (tertiary/aromatic N) is 2. The van der Waals surface area contributed by atoms with Crippen molar-refractivity contribution >= 4 is 23.4 Å². The number of halogens is 1. The van der Waals surface area contributed by atoms with Crippen molar-refractivity contribution in [1.82, 2.24) is 14.8 Å². The standard InChI is InChI=1S/C21H26ClN3O2/c1-21(2,15-22)20(27)25-13-9-17(10-14-25)23-19(26)16-5-7-18(8-6-16)24-11-3-4-12-24/h3-8,11-12,17H,9-10,13-15H2,1-2H3,(H,23,26). The zero-order chi connectivity index (χ0) is 19.4. The van der Waals surface area contributed by atoms with Gasteiger partial charge in [-0.25, -0.2) is 0 Å². The first-order valence-corrected chi connectivity index (χ1v) is 9.84. The number of amides is 2. The van der Waals surface area contributed by atoms with Gasteiger partial charge in [0.05, 0.1) is 5.41 Å². The van der Waals surface area contributed by atoms with Gasteiger partial charge in [-0.3, -0.25) is 9.59 Å². The minimum Gasteiger partial charge on any atom is -0.349 e. The van der Waals surface area contributed by atoms with E-state index in [4.69, 9.17) is 11.6 Å². The summed E-state index contributed by atoms with van der Waals surface area (Å²) in [4.78, 5) is 26.9. The van der Waals surface area contributed by atoms with E-state index in [0.717, 1.165) is 18.5 Å². The minimum atomic E-state index is -0.543. The van der Waals surface area contributed by atoms with Crippen LogP contribution < -0.4 is 5.32 Å². The second-order valence-electron chi connectivity index (χ2n) is 7.69. The predicted octanol–water partition coefficient (Wildman–Crippen LogP) is 3.46. The van der Waals surface area contributed by atoms with Crippen molar-refractivity contribution in [3.63, 3.8) is 0 Å². The van der Waals surface area contributed by atoms with Gasteiger partial charge in [-0.2, -0.15) is 0 Å². The second-order valence-corrected chi connectivity index (χ2v) is 7.96. The summed E-state index contributed by atoms with van der Waals surface area (Å²) in [5.74, 6) is 0.324. The molecule has 1 N–H and O–H groups in total. The summed E-state index contributed by atoms with van der Waals surface area (Å²) >= 11 is 5.91. The smallest absolute Gasteiger partial charge is 0.251 e. The Morgan fingerprint density at radius 1 is 1.11 bits per heavy atom. The van der Waals surface area contributed by atoms with Gasteiger partial charge < -0.3 is 14.8 Å². The van der Waals surface area contributed by atoms with Crippen molar-refractivity contribution in [2.75, 3.05) is 19.0 Å². The summed E-state index contributed by atoms with van der Waals surface area (Å²) in [7, 11) is 0. The van der Waals surface area contributed by atoms with Gasteiger partial charge in [0.2, 0.25) is 5.91 Å². The highest BCUT2D eigenvalue weighted by Crippen LogP contribution is 2.23. The minimum absolute atomic E-state index is 0.0695.